The molecule has 1 aromatic rings. The van der Waals surface area contributed by atoms with E-state index < -0.39 is 0 Å². The van der Waals surface area contributed by atoms with E-state index in [4.69, 9.17) is 10.5 Å². The zero-order valence-electron chi connectivity index (χ0n) is 12.7. The largest absolute Gasteiger partial charge is 0.383 e. The first-order valence-corrected chi connectivity index (χ1v) is 7.08. The van der Waals surface area contributed by atoms with Gasteiger partial charge in [0.25, 0.3) is 0 Å². The number of amides is 1. The van der Waals surface area contributed by atoms with Crippen molar-refractivity contribution in [2.45, 2.75) is 13.0 Å². The lowest BCUT2D eigenvalue weighted by Crippen LogP contribution is -2.39. The molecule has 1 aliphatic heterocycles. The molecule has 0 aliphatic carbocycles. The fourth-order valence-corrected chi connectivity index (χ4v) is 2.30. The lowest BCUT2D eigenvalue weighted by Gasteiger charge is -2.28. The number of nitrogens with zero attached hydrogens (tertiary/aromatic N) is 2. The Morgan fingerprint density at radius 3 is 2.86 bits per heavy atom. The normalized spacial score (nSPS) is 14.0. The van der Waals surface area contributed by atoms with Gasteiger partial charge in [0.2, 0.25) is 5.91 Å². The molecule has 0 saturated heterocycles. The summed E-state index contributed by atoms with van der Waals surface area (Å²) in [6.07, 6.45) is 0.896. The highest BCUT2D eigenvalue weighted by Gasteiger charge is 2.19. The summed E-state index contributed by atoms with van der Waals surface area (Å²) < 4.78 is 4.90. The molecule has 3 N–H and O–H groups in total. The highest BCUT2D eigenvalue weighted by atomic mass is 127. The van der Waals surface area contributed by atoms with E-state index in [-0.39, 0.29) is 42.4 Å². The minimum absolute atomic E-state index is 0. The number of ether oxygens (including phenoxy) is 1. The van der Waals surface area contributed by atoms with Gasteiger partial charge < -0.3 is 20.7 Å². The fourth-order valence-electron chi connectivity index (χ4n) is 2.30. The topological polar surface area (TPSA) is 80.0 Å². The van der Waals surface area contributed by atoms with Gasteiger partial charge in [-0.2, -0.15) is 0 Å². The van der Waals surface area contributed by atoms with E-state index in [0.29, 0.717) is 19.7 Å². The van der Waals surface area contributed by atoms with Crippen molar-refractivity contribution in [3.8, 4) is 0 Å². The molecule has 0 atom stereocenters. The highest BCUT2D eigenvalue weighted by molar-refractivity contribution is 14.0. The molecule has 0 spiro atoms. The van der Waals surface area contributed by atoms with Crippen molar-refractivity contribution in [2.24, 2.45) is 10.7 Å². The van der Waals surface area contributed by atoms with Crippen molar-refractivity contribution in [3.05, 3.63) is 35.4 Å². The smallest absolute Gasteiger partial charge is 0.244 e. The minimum Gasteiger partial charge on any atom is -0.383 e. The molecular formula is C15H23IN4O2. The standard InChI is InChI=1S/C15H22N4O2.HI/c1-21-9-7-17-15(16)18-10-14(20)19-8-6-12-4-2-3-5-13(12)11-19;/h2-5H,6-11H2,1H3,(H3,16,17,18);1H. The Labute approximate surface area is 148 Å². The minimum atomic E-state index is 0. The molecule has 0 aromatic heterocycles. The zero-order chi connectivity index (χ0) is 15.1. The summed E-state index contributed by atoms with van der Waals surface area (Å²) in [6, 6.07) is 8.22. The van der Waals surface area contributed by atoms with E-state index in [1.54, 1.807) is 7.11 Å². The quantitative estimate of drug-likeness (QED) is 0.320. The lowest BCUT2D eigenvalue weighted by atomic mass is 10.00. The van der Waals surface area contributed by atoms with E-state index in [9.17, 15) is 4.79 Å². The monoisotopic (exact) mass is 418 g/mol. The van der Waals surface area contributed by atoms with Crippen molar-refractivity contribution in [1.29, 1.82) is 0 Å². The summed E-state index contributed by atoms with van der Waals surface area (Å²) in [7, 11) is 1.62. The summed E-state index contributed by atoms with van der Waals surface area (Å²) >= 11 is 0. The SMILES string of the molecule is COCCNC(N)=NCC(=O)N1CCc2ccccc2C1.I. The van der Waals surface area contributed by atoms with Gasteiger partial charge >= 0.3 is 0 Å². The summed E-state index contributed by atoms with van der Waals surface area (Å²) in [5.74, 6) is 0.277. The molecule has 1 aliphatic rings. The van der Waals surface area contributed by atoms with Crippen molar-refractivity contribution in [2.75, 3.05) is 33.4 Å². The number of hydrogen-bond donors (Lipinski definition) is 2. The summed E-state index contributed by atoms with van der Waals surface area (Å²) in [5, 5.41) is 2.89. The molecule has 22 heavy (non-hydrogen) atoms. The fraction of sp³-hybridized carbons (Fsp3) is 0.467. The Kier molecular flexibility index (Phi) is 8.18. The molecule has 122 valence electrons. The molecule has 1 aromatic carbocycles. The molecule has 0 unspecified atom stereocenters. The maximum Gasteiger partial charge on any atom is 0.244 e. The molecule has 1 heterocycles. The lowest BCUT2D eigenvalue weighted by molar-refractivity contribution is -0.130. The van der Waals surface area contributed by atoms with E-state index in [0.717, 1.165) is 13.0 Å². The Morgan fingerprint density at radius 1 is 1.41 bits per heavy atom. The van der Waals surface area contributed by atoms with Crippen LogP contribution >= 0.6 is 24.0 Å². The second kappa shape index (κ2) is 9.62. The molecule has 0 fully saturated rings. The predicted octanol–water partition coefficient (Wildman–Crippen LogP) is 0.740. The molecule has 6 nitrogen and oxygen atoms in total. The summed E-state index contributed by atoms with van der Waals surface area (Å²) in [6.45, 7) is 2.60. The van der Waals surface area contributed by atoms with E-state index in [1.165, 1.54) is 11.1 Å². The van der Waals surface area contributed by atoms with Crippen LogP contribution in [0.5, 0.6) is 0 Å². The molecule has 1 amide bonds. The first-order valence-electron chi connectivity index (χ1n) is 7.08. The second-order valence-corrected chi connectivity index (χ2v) is 4.96. The van der Waals surface area contributed by atoms with Crippen molar-refractivity contribution in [3.63, 3.8) is 0 Å². The average molecular weight is 418 g/mol. The van der Waals surface area contributed by atoms with Gasteiger partial charge in [0.05, 0.1) is 6.61 Å². The number of carbonyl (C=O) groups is 1. The van der Waals surface area contributed by atoms with Crippen LogP contribution < -0.4 is 11.1 Å². The number of carbonyl (C=O) groups excluding carboxylic acids is 1. The number of rotatable bonds is 5. The van der Waals surface area contributed by atoms with Crippen LogP contribution in [0.4, 0.5) is 0 Å². The second-order valence-electron chi connectivity index (χ2n) is 4.96. The molecule has 7 heteroatoms. The Morgan fingerprint density at radius 2 is 2.14 bits per heavy atom. The first-order chi connectivity index (χ1) is 10.2. The zero-order valence-corrected chi connectivity index (χ0v) is 15.1. The van der Waals surface area contributed by atoms with Gasteiger partial charge in [0.15, 0.2) is 5.96 Å². The maximum atomic E-state index is 12.2. The van der Waals surface area contributed by atoms with Crippen LogP contribution in [-0.4, -0.2) is 50.1 Å². The maximum absolute atomic E-state index is 12.2. The third kappa shape index (κ3) is 5.45. The van der Waals surface area contributed by atoms with Crippen molar-refractivity contribution in [1.82, 2.24) is 10.2 Å². The molecule has 0 saturated carbocycles. The van der Waals surface area contributed by atoms with Gasteiger partial charge in [-0.25, -0.2) is 4.99 Å². The average Bonchev–Trinajstić information content (AvgIpc) is 2.52. The number of methoxy groups -OCH3 is 1. The van der Waals surface area contributed by atoms with Crippen molar-refractivity contribution >= 4 is 35.8 Å². The van der Waals surface area contributed by atoms with Gasteiger partial charge in [-0.3, -0.25) is 4.79 Å². The van der Waals surface area contributed by atoms with Crippen LogP contribution in [0.1, 0.15) is 11.1 Å². The van der Waals surface area contributed by atoms with E-state index in [1.807, 2.05) is 17.0 Å². The number of fused-ring (bicyclic) bond motifs is 1. The Bertz CT molecular complexity index is 522. The van der Waals surface area contributed by atoms with Crippen molar-refractivity contribution < 1.29 is 9.53 Å². The molecular weight excluding hydrogens is 395 g/mol. The number of halogens is 1. The van der Waals surface area contributed by atoms with E-state index >= 15 is 0 Å². The van der Waals surface area contributed by atoms with Crippen LogP contribution in [0.15, 0.2) is 29.3 Å². The van der Waals surface area contributed by atoms with Gasteiger partial charge in [-0.1, -0.05) is 24.3 Å². The van der Waals surface area contributed by atoms with Crippen LogP contribution in [0.25, 0.3) is 0 Å². The first kappa shape index (κ1) is 18.7. The molecule has 2 rings (SSSR count). The number of hydrogen-bond acceptors (Lipinski definition) is 3. The number of nitrogens with one attached hydrogen (secondary N) is 1. The van der Waals surface area contributed by atoms with Crippen LogP contribution in [0, 0.1) is 0 Å². The molecule has 0 bridgehead atoms. The van der Waals surface area contributed by atoms with Gasteiger partial charge in [0, 0.05) is 26.7 Å². The highest BCUT2D eigenvalue weighted by Crippen LogP contribution is 2.18. The van der Waals surface area contributed by atoms with E-state index in [2.05, 4.69) is 22.4 Å². The number of nitrogens with two attached hydrogens (primary N) is 1. The van der Waals surface area contributed by atoms with Crippen LogP contribution in [0.3, 0.4) is 0 Å². The predicted molar refractivity (Wildman–Crippen MR) is 97.3 cm³/mol. The Hall–Kier alpha value is -1.35. The van der Waals surface area contributed by atoms with Gasteiger partial charge in [-0.15, -0.1) is 24.0 Å². The van der Waals surface area contributed by atoms with Gasteiger partial charge in [-0.05, 0) is 17.5 Å². The van der Waals surface area contributed by atoms with Crippen LogP contribution in [0.2, 0.25) is 0 Å². The molecule has 0 radical (unpaired) electrons. The Balaban J connectivity index is 0.00000242. The van der Waals surface area contributed by atoms with Gasteiger partial charge in [0.1, 0.15) is 6.54 Å². The van der Waals surface area contributed by atoms with Crippen LogP contribution in [-0.2, 0) is 22.5 Å². The number of benzene rings is 1. The number of aliphatic imine (C=N–C) groups is 1. The third-order valence-electron chi connectivity index (χ3n) is 3.48. The summed E-state index contributed by atoms with van der Waals surface area (Å²) in [5.41, 5.74) is 8.22. The summed E-state index contributed by atoms with van der Waals surface area (Å²) in [4.78, 5) is 18.0. The third-order valence-corrected chi connectivity index (χ3v) is 3.48. The number of guanidine groups is 1.